The van der Waals surface area contributed by atoms with Crippen LogP contribution in [-0.4, -0.2) is 75.2 Å². The maximum atomic E-state index is 12.1. The Labute approximate surface area is 147 Å². The highest BCUT2D eigenvalue weighted by Crippen LogP contribution is 2.38. The molecular formula is C19H35N3O2. The van der Waals surface area contributed by atoms with Gasteiger partial charge in [-0.25, -0.2) is 0 Å². The van der Waals surface area contributed by atoms with E-state index in [9.17, 15) is 4.79 Å². The fourth-order valence-electron chi connectivity index (χ4n) is 4.85. The average Bonchev–Trinajstić information content (AvgIpc) is 2.52. The third-order valence-electron chi connectivity index (χ3n) is 6.10. The van der Waals surface area contributed by atoms with Crippen molar-refractivity contribution < 1.29 is 9.53 Å². The van der Waals surface area contributed by atoms with Crippen molar-refractivity contribution in [1.82, 2.24) is 15.1 Å². The highest BCUT2D eigenvalue weighted by atomic mass is 16.5. The summed E-state index contributed by atoms with van der Waals surface area (Å²) in [5.41, 5.74) is 0.575. The van der Waals surface area contributed by atoms with E-state index in [4.69, 9.17) is 4.74 Å². The quantitative estimate of drug-likeness (QED) is 0.730. The average molecular weight is 338 g/mol. The van der Waals surface area contributed by atoms with Crippen LogP contribution < -0.4 is 5.32 Å². The molecule has 0 aromatic rings. The molecule has 2 saturated heterocycles. The predicted octanol–water partition coefficient (Wildman–Crippen LogP) is 1.58. The minimum absolute atomic E-state index is 0.234. The lowest BCUT2D eigenvalue weighted by molar-refractivity contribution is -0.126. The first kappa shape index (κ1) is 18.2. The van der Waals surface area contributed by atoms with Gasteiger partial charge in [0.25, 0.3) is 0 Å². The molecule has 1 amide bonds. The Morgan fingerprint density at radius 3 is 2.42 bits per heavy atom. The lowest BCUT2D eigenvalue weighted by Crippen LogP contribution is -2.71. The molecule has 0 bridgehead atoms. The van der Waals surface area contributed by atoms with Crippen LogP contribution in [0.1, 0.15) is 39.0 Å². The first-order valence-corrected chi connectivity index (χ1v) is 9.84. The standard InChI is InChI=1S/C19H35N3O2/c1-3-24-11-17-6-4-16(5-7-17)10-20-18(23)8-9-22-14-19(15-22)12-21(2)13-19/h16-17H,3-15H2,1-2H3,(H,20,23). The Bertz CT molecular complexity index is 407. The van der Waals surface area contributed by atoms with E-state index < -0.39 is 0 Å². The molecule has 3 rings (SSSR count). The molecule has 3 fully saturated rings. The molecule has 5 heteroatoms. The zero-order valence-electron chi connectivity index (χ0n) is 15.6. The van der Waals surface area contributed by atoms with Crippen LogP contribution in [0.3, 0.4) is 0 Å². The van der Waals surface area contributed by atoms with Crippen molar-refractivity contribution in [2.24, 2.45) is 17.3 Å². The summed E-state index contributed by atoms with van der Waals surface area (Å²) >= 11 is 0. The summed E-state index contributed by atoms with van der Waals surface area (Å²) in [4.78, 5) is 16.9. The molecule has 1 aliphatic carbocycles. The Morgan fingerprint density at radius 2 is 1.79 bits per heavy atom. The topological polar surface area (TPSA) is 44.8 Å². The molecule has 2 aliphatic heterocycles. The van der Waals surface area contributed by atoms with E-state index in [1.165, 1.54) is 51.9 Å². The van der Waals surface area contributed by atoms with Crippen LogP contribution in [0.2, 0.25) is 0 Å². The summed E-state index contributed by atoms with van der Waals surface area (Å²) in [5, 5.41) is 3.16. The SMILES string of the molecule is CCOCC1CCC(CNC(=O)CCN2CC3(CN(C)C3)C2)CC1. The Kier molecular flexibility index (Phi) is 6.17. The van der Waals surface area contributed by atoms with Gasteiger partial charge in [0, 0.05) is 64.3 Å². The minimum atomic E-state index is 0.234. The molecule has 0 unspecified atom stereocenters. The van der Waals surface area contributed by atoms with Crippen LogP contribution in [0.4, 0.5) is 0 Å². The second kappa shape index (κ2) is 8.15. The molecule has 138 valence electrons. The van der Waals surface area contributed by atoms with Crippen molar-refractivity contribution in [2.75, 3.05) is 59.5 Å². The molecule has 5 nitrogen and oxygen atoms in total. The van der Waals surface area contributed by atoms with Gasteiger partial charge >= 0.3 is 0 Å². The zero-order chi connectivity index (χ0) is 17.0. The van der Waals surface area contributed by atoms with E-state index >= 15 is 0 Å². The van der Waals surface area contributed by atoms with Crippen LogP contribution >= 0.6 is 0 Å². The lowest BCUT2D eigenvalue weighted by Gasteiger charge is -2.59. The smallest absolute Gasteiger partial charge is 0.221 e. The summed E-state index contributed by atoms with van der Waals surface area (Å²) in [7, 11) is 2.19. The van der Waals surface area contributed by atoms with Gasteiger partial charge in [0.15, 0.2) is 0 Å². The highest BCUT2D eigenvalue weighted by Gasteiger charge is 2.49. The second-order valence-electron chi connectivity index (χ2n) is 8.48. The van der Waals surface area contributed by atoms with Crippen molar-refractivity contribution in [3.05, 3.63) is 0 Å². The van der Waals surface area contributed by atoms with Gasteiger partial charge in [-0.2, -0.15) is 0 Å². The van der Waals surface area contributed by atoms with Crippen molar-refractivity contribution in [3.8, 4) is 0 Å². The van der Waals surface area contributed by atoms with E-state index in [1.807, 2.05) is 0 Å². The molecular weight excluding hydrogens is 302 g/mol. The highest BCUT2D eigenvalue weighted by molar-refractivity contribution is 5.76. The van der Waals surface area contributed by atoms with Crippen molar-refractivity contribution in [1.29, 1.82) is 0 Å². The van der Waals surface area contributed by atoms with Gasteiger partial charge in [0.05, 0.1) is 0 Å². The molecule has 1 N–H and O–H groups in total. The first-order valence-electron chi connectivity index (χ1n) is 9.84. The number of nitrogens with zero attached hydrogens (tertiary/aromatic N) is 2. The number of hydrogen-bond donors (Lipinski definition) is 1. The number of hydrogen-bond acceptors (Lipinski definition) is 4. The van der Waals surface area contributed by atoms with Crippen molar-refractivity contribution in [3.63, 3.8) is 0 Å². The molecule has 1 spiro atoms. The molecule has 0 radical (unpaired) electrons. The number of ether oxygens (including phenoxy) is 1. The monoisotopic (exact) mass is 337 g/mol. The van der Waals surface area contributed by atoms with Gasteiger partial charge < -0.3 is 19.9 Å². The first-order chi connectivity index (χ1) is 11.6. The zero-order valence-corrected chi connectivity index (χ0v) is 15.6. The Morgan fingerprint density at radius 1 is 1.12 bits per heavy atom. The maximum absolute atomic E-state index is 12.1. The van der Waals surface area contributed by atoms with Crippen LogP contribution in [0.25, 0.3) is 0 Å². The van der Waals surface area contributed by atoms with Gasteiger partial charge in [-0.05, 0) is 51.5 Å². The minimum Gasteiger partial charge on any atom is -0.381 e. The van der Waals surface area contributed by atoms with E-state index in [0.717, 1.165) is 32.2 Å². The van der Waals surface area contributed by atoms with Gasteiger partial charge in [-0.15, -0.1) is 0 Å². The van der Waals surface area contributed by atoms with Crippen LogP contribution in [-0.2, 0) is 9.53 Å². The molecule has 3 aliphatic rings. The maximum Gasteiger partial charge on any atom is 0.221 e. The van der Waals surface area contributed by atoms with Gasteiger partial charge in [0.2, 0.25) is 5.91 Å². The van der Waals surface area contributed by atoms with E-state index in [-0.39, 0.29) is 5.91 Å². The number of carbonyl (C=O) groups excluding carboxylic acids is 1. The number of likely N-dealkylation sites (tertiary alicyclic amines) is 2. The van der Waals surface area contributed by atoms with Crippen molar-refractivity contribution in [2.45, 2.75) is 39.0 Å². The molecule has 1 saturated carbocycles. The van der Waals surface area contributed by atoms with Crippen LogP contribution in [0.15, 0.2) is 0 Å². The third-order valence-corrected chi connectivity index (χ3v) is 6.10. The van der Waals surface area contributed by atoms with Gasteiger partial charge in [-0.3, -0.25) is 4.79 Å². The fourth-order valence-corrected chi connectivity index (χ4v) is 4.85. The van der Waals surface area contributed by atoms with Gasteiger partial charge in [0.1, 0.15) is 0 Å². The lowest BCUT2D eigenvalue weighted by atomic mass is 9.73. The summed E-state index contributed by atoms with van der Waals surface area (Å²) in [6.07, 6.45) is 5.64. The Balaban J connectivity index is 1.21. The van der Waals surface area contributed by atoms with Crippen LogP contribution in [0, 0.1) is 17.3 Å². The van der Waals surface area contributed by atoms with E-state index in [0.29, 0.717) is 17.8 Å². The third kappa shape index (κ3) is 4.70. The predicted molar refractivity (Wildman–Crippen MR) is 95.9 cm³/mol. The summed E-state index contributed by atoms with van der Waals surface area (Å²) < 4.78 is 5.53. The molecule has 24 heavy (non-hydrogen) atoms. The molecule has 0 aromatic carbocycles. The number of amides is 1. The molecule has 2 heterocycles. The molecule has 0 aromatic heterocycles. The number of rotatable bonds is 8. The fraction of sp³-hybridized carbons (Fsp3) is 0.947. The summed E-state index contributed by atoms with van der Waals surface area (Å²) in [6.45, 7) is 10.5. The number of nitrogens with one attached hydrogen (secondary N) is 1. The second-order valence-corrected chi connectivity index (χ2v) is 8.48. The summed E-state index contributed by atoms with van der Waals surface area (Å²) in [6, 6.07) is 0. The summed E-state index contributed by atoms with van der Waals surface area (Å²) in [5.74, 6) is 1.64. The van der Waals surface area contributed by atoms with E-state index in [2.05, 4.69) is 29.1 Å². The largest absolute Gasteiger partial charge is 0.381 e. The number of carbonyl (C=O) groups is 1. The Hall–Kier alpha value is -0.650. The molecule has 0 atom stereocenters. The van der Waals surface area contributed by atoms with Crippen LogP contribution in [0.5, 0.6) is 0 Å². The van der Waals surface area contributed by atoms with Crippen molar-refractivity contribution >= 4 is 5.91 Å². The van der Waals surface area contributed by atoms with Gasteiger partial charge in [-0.1, -0.05) is 0 Å². The normalized spacial score (nSPS) is 29.9. The van der Waals surface area contributed by atoms with E-state index in [1.54, 1.807) is 0 Å².